The first-order valence-corrected chi connectivity index (χ1v) is 12.1. The van der Waals surface area contributed by atoms with E-state index in [9.17, 15) is 0 Å². The van der Waals surface area contributed by atoms with E-state index < -0.39 is 0 Å². The summed E-state index contributed by atoms with van der Waals surface area (Å²) in [5.74, 6) is 0.928. The van der Waals surface area contributed by atoms with Crippen LogP contribution in [0.15, 0.2) is 60.2 Å². The molecule has 5 heteroatoms. The maximum absolute atomic E-state index is 6.15. The Morgan fingerprint density at radius 3 is 2.64 bits per heavy atom. The molecule has 2 saturated heterocycles. The van der Waals surface area contributed by atoms with Crippen LogP contribution in [-0.4, -0.2) is 62.4 Å². The molecule has 33 heavy (non-hydrogen) atoms. The summed E-state index contributed by atoms with van der Waals surface area (Å²) < 4.78 is 11.6. The minimum atomic E-state index is 0.702. The lowest BCUT2D eigenvalue weighted by atomic mass is 10.0. The third kappa shape index (κ3) is 5.55. The van der Waals surface area contributed by atoms with Crippen LogP contribution in [0.1, 0.15) is 24.1 Å². The number of benzene rings is 2. The fraction of sp³-hybridized carbons (Fsp3) is 0.393. The fourth-order valence-electron chi connectivity index (χ4n) is 4.72. The molecular weight excluding hydrogens is 410 g/mol. The summed E-state index contributed by atoms with van der Waals surface area (Å²) in [6, 6.07) is 19.2. The van der Waals surface area contributed by atoms with Gasteiger partial charge in [-0.2, -0.15) is 0 Å². The Labute approximate surface area is 196 Å². The lowest BCUT2D eigenvalue weighted by Gasteiger charge is -2.29. The number of pyridine rings is 1. The number of morpholine rings is 1. The number of ether oxygens (including phenoxy) is 2. The van der Waals surface area contributed by atoms with E-state index in [2.05, 4.69) is 51.2 Å². The van der Waals surface area contributed by atoms with E-state index in [1.165, 1.54) is 11.3 Å². The molecule has 2 aromatic carbocycles. The summed E-state index contributed by atoms with van der Waals surface area (Å²) in [6.07, 6.45) is 4.64. The van der Waals surface area contributed by atoms with Crippen LogP contribution in [0.3, 0.4) is 0 Å². The molecule has 0 spiro atoms. The molecule has 0 amide bonds. The number of fused-ring (bicyclic) bond motifs is 1. The molecule has 2 aliphatic rings. The number of likely N-dealkylation sites (tertiary alicyclic amines) is 1. The van der Waals surface area contributed by atoms with Gasteiger partial charge in [0.1, 0.15) is 12.4 Å². The Balaban J connectivity index is 1.12. The third-order valence-corrected chi connectivity index (χ3v) is 6.61. The van der Waals surface area contributed by atoms with E-state index in [0.717, 1.165) is 81.1 Å². The Morgan fingerprint density at radius 2 is 1.79 bits per heavy atom. The quantitative estimate of drug-likeness (QED) is 0.540. The minimum absolute atomic E-state index is 0.702. The molecule has 0 saturated carbocycles. The Kier molecular flexibility index (Phi) is 6.89. The van der Waals surface area contributed by atoms with Crippen molar-refractivity contribution in [1.29, 1.82) is 0 Å². The van der Waals surface area contributed by atoms with Gasteiger partial charge in [-0.05, 0) is 61.7 Å². The molecule has 0 atom stereocenters. The Morgan fingerprint density at radius 1 is 0.970 bits per heavy atom. The topological polar surface area (TPSA) is 37.8 Å². The highest BCUT2D eigenvalue weighted by Crippen LogP contribution is 2.25. The fourth-order valence-corrected chi connectivity index (χ4v) is 4.72. The van der Waals surface area contributed by atoms with Crippen LogP contribution < -0.4 is 9.64 Å². The molecule has 3 aromatic rings. The van der Waals surface area contributed by atoms with Crippen LogP contribution in [0.25, 0.3) is 17.0 Å². The van der Waals surface area contributed by atoms with Crippen molar-refractivity contribution in [1.82, 2.24) is 9.88 Å². The van der Waals surface area contributed by atoms with Crippen LogP contribution in [0.5, 0.6) is 5.75 Å². The largest absolute Gasteiger partial charge is 0.492 e. The zero-order valence-corrected chi connectivity index (χ0v) is 19.5. The number of rotatable bonds is 6. The first-order valence-electron chi connectivity index (χ1n) is 12.1. The van der Waals surface area contributed by atoms with Crippen molar-refractivity contribution in [2.75, 3.05) is 57.4 Å². The molecule has 172 valence electrons. The van der Waals surface area contributed by atoms with Gasteiger partial charge in [0.15, 0.2) is 0 Å². The predicted molar refractivity (Wildman–Crippen MR) is 135 cm³/mol. The summed E-state index contributed by atoms with van der Waals surface area (Å²) in [5, 5.41) is 1.09. The molecule has 5 rings (SSSR count). The van der Waals surface area contributed by atoms with E-state index in [1.54, 1.807) is 5.57 Å². The summed E-state index contributed by atoms with van der Waals surface area (Å²) in [5.41, 5.74) is 6.19. The summed E-state index contributed by atoms with van der Waals surface area (Å²) >= 11 is 0. The second-order valence-electron chi connectivity index (χ2n) is 8.96. The van der Waals surface area contributed by atoms with E-state index in [4.69, 9.17) is 9.47 Å². The van der Waals surface area contributed by atoms with Gasteiger partial charge in [0.25, 0.3) is 0 Å². The summed E-state index contributed by atoms with van der Waals surface area (Å²) in [7, 11) is 0. The summed E-state index contributed by atoms with van der Waals surface area (Å²) in [6.45, 7) is 9.46. The van der Waals surface area contributed by atoms with Gasteiger partial charge >= 0.3 is 0 Å². The van der Waals surface area contributed by atoms with Crippen LogP contribution >= 0.6 is 0 Å². The van der Waals surface area contributed by atoms with Gasteiger partial charge in [-0.1, -0.05) is 29.8 Å². The number of hydrogen-bond acceptors (Lipinski definition) is 5. The molecule has 2 aliphatic heterocycles. The molecular formula is C28H33N3O2. The van der Waals surface area contributed by atoms with Crippen LogP contribution in [0.4, 0.5) is 5.69 Å². The van der Waals surface area contributed by atoms with Crippen molar-refractivity contribution >= 4 is 22.7 Å². The molecule has 0 N–H and O–H groups in total. The molecule has 5 nitrogen and oxygen atoms in total. The van der Waals surface area contributed by atoms with Gasteiger partial charge in [0.05, 0.1) is 18.7 Å². The third-order valence-electron chi connectivity index (χ3n) is 6.61. The van der Waals surface area contributed by atoms with Crippen molar-refractivity contribution in [2.45, 2.75) is 19.8 Å². The zero-order chi connectivity index (χ0) is 22.5. The van der Waals surface area contributed by atoms with Gasteiger partial charge in [-0.25, -0.2) is 0 Å². The molecule has 0 radical (unpaired) electrons. The molecule has 0 bridgehead atoms. The van der Waals surface area contributed by atoms with Gasteiger partial charge in [-0.15, -0.1) is 0 Å². The van der Waals surface area contributed by atoms with Crippen molar-refractivity contribution < 1.29 is 9.47 Å². The van der Waals surface area contributed by atoms with Crippen LogP contribution in [0, 0.1) is 6.92 Å². The maximum Gasteiger partial charge on any atom is 0.128 e. The number of aryl methyl sites for hydroxylation is 1. The van der Waals surface area contributed by atoms with Gasteiger partial charge in [0.2, 0.25) is 0 Å². The van der Waals surface area contributed by atoms with Crippen LogP contribution in [0.2, 0.25) is 0 Å². The van der Waals surface area contributed by atoms with Gasteiger partial charge in [0, 0.05) is 49.5 Å². The maximum atomic E-state index is 6.15. The number of piperidine rings is 1. The van der Waals surface area contributed by atoms with E-state index in [1.807, 2.05) is 31.2 Å². The number of anilines is 1. The zero-order valence-electron chi connectivity index (χ0n) is 19.5. The molecule has 0 unspecified atom stereocenters. The highest BCUT2D eigenvalue weighted by Gasteiger charge is 2.15. The lowest BCUT2D eigenvalue weighted by molar-refractivity contribution is 0.122. The number of hydrogen-bond donors (Lipinski definition) is 0. The second-order valence-corrected chi connectivity index (χ2v) is 8.96. The number of aromatic nitrogens is 1. The highest BCUT2D eigenvalue weighted by atomic mass is 16.5. The molecule has 1 aromatic heterocycles. The normalized spacial score (nSPS) is 17.4. The summed E-state index contributed by atoms with van der Waals surface area (Å²) in [4.78, 5) is 9.53. The average molecular weight is 444 g/mol. The van der Waals surface area contributed by atoms with Gasteiger partial charge in [-0.3, -0.25) is 9.88 Å². The molecule has 2 fully saturated rings. The second kappa shape index (κ2) is 10.4. The lowest BCUT2D eigenvalue weighted by Crippen LogP contribution is -2.36. The van der Waals surface area contributed by atoms with Crippen LogP contribution in [-0.2, 0) is 4.74 Å². The molecule has 0 aliphatic carbocycles. The first-order chi connectivity index (χ1) is 16.2. The first kappa shape index (κ1) is 21.9. The number of nitrogens with zero attached hydrogens (tertiary/aromatic N) is 3. The molecule has 3 heterocycles. The average Bonchev–Trinajstić information content (AvgIpc) is 2.86. The van der Waals surface area contributed by atoms with E-state index >= 15 is 0 Å². The predicted octanol–water partition coefficient (Wildman–Crippen LogP) is 4.94. The van der Waals surface area contributed by atoms with Crippen molar-refractivity contribution in [3.63, 3.8) is 0 Å². The SMILES string of the molecule is Cc1ccc2c(OCCN3CCC(=Cc4cccc(N5CCOCC5)c4)CC3)cccc2n1. The Bertz CT molecular complexity index is 1110. The van der Waals surface area contributed by atoms with Crippen molar-refractivity contribution in [2.24, 2.45) is 0 Å². The van der Waals surface area contributed by atoms with Crippen molar-refractivity contribution in [3.05, 3.63) is 71.4 Å². The minimum Gasteiger partial charge on any atom is -0.492 e. The Hall–Kier alpha value is -2.89. The monoisotopic (exact) mass is 443 g/mol. The highest BCUT2D eigenvalue weighted by molar-refractivity contribution is 5.85. The standard InChI is InChI=1S/C28H33N3O2/c1-22-8-9-26-27(29-22)6-3-7-28(26)33-19-14-30-12-10-23(11-13-30)20-24-4-2-5-25(21-24)31-15-17-32-18-16-31/h2-9,20-21H,10-19H2,1H3. The van der Waals surface area contributed by atoms with Crippen molar-refractivity contribution in [3.8, 4) is 5.75 Å². The smallest absolute Gasteiger partial charge is 0.128 e. The van der Waals surface area contributed by atoms with Gasteiger partial charge < -0.3 is 14.4 Å². The van der Waals surface area contributed by atoms with E-state index in [-0.39, 0.29) is 0 Å². The van der Waals surface area contributed by atoms with E-state index in [0.29, 0.717) is 6.61 Å².